The summed E-state index contributed by atoms with van der Waals surface area (Å²) in [5.74, 6) is 0. The summed E-state index contributed by atoms with van der Waals surface area (Å²) in [4.78, 5) is 4.72. The average Bonchev–Trinajstić information content (AvgIpc) is 2.88. The molecular weight excluding hydrogens is 312 g/mol. The molecule has 0 radical (unpaired) electrons. The third-order valence-electron chi connectivity index (χ3n) is 5.48. The molecule has 1 aromatic carbocycles. The van der Waals surface area contributed by atoms with E-state index in [2.05, 4.69) is 56.8 Å². The molecule has 0 spiro atoms. The van der Waals surface area contributed by atoms with Crippen molar-refractivity contribution >= 4 is 0 Å². The van der Waals surface area contributed by atoms with Crippen molar-refractivity contribution in [3.63, 3.8) is 0 Å². The van der Waals surface area contributed by atoms with Gasteiger partial charge in [-0.2, -0.15) is 5.10 Å². The predicted molar refractivity (Wildman–Crippen MR) is 98.6 cm³/mol. The van der Waals surface area contributed by atoms with Gasteiger partial charge in [-0.25, -0.2) is 0 Å². The van der Waals surface area contributed by atoms with Crippen LogP contribution in [-0.4, -0.2) is 63.5 Å². The lowest BCUT2D eigenvalue weighted by Crippen LogP contribution is -2.52. The second-order valence-corrected chi connectivity index (χ2v) is 7.65. The Hall–Kier alpha value is -1.69. The van der Waals surface area contributed by atoms with Gasteiger partial charge in [-0.15, -0.1) is 0 Å². The number of aromatic nitrogens is 2. The molecule has 2 aliphatic rings. The molecule has 1 saturated heterocycles. The minimum Gasteiger partial charge on any atom is -0.390 e. The summed E-state index contributed by atoms with van der Waals surface area (Å²) in [7, 11) is 0. The number of likely N-dealkylation sites (tertiary alicyclic amines) is 1. The van der Waals surface area contributed by atoms with E-state index >= 15 is 0 Å². The van der Waals surface area contributed by atoms with Gasteiger partial charge in [0.2, 0.25) is 0 Å². The number of nitrogens with zero attached hydrogens (tertiary/aromatic N) is 4. The van der Waals surface area contributed by atoms with E-state index in [4.69, 9.17) is 0 Å². The molecule has 0 aliphatic carbocycles. The van der Waals surface area contributed by atoms with Crippen LogP contribution in [0.2, 0.25) is 0 Å². The van der Waals surface area contributed by atoms with Gasteiger partial charge in [0.15, 0.2) is 0 Å². The highest BCUT2D eigenvalue weighted by Gasteiger charge is 2.31. The Morgan fingerprint density at radius 1 is 1.12 bits per heavy atom. The smallest absolute Gasteiger partial charge is 0.0793 e. The minimum absolute atomic E-state index is 0.285. The van der Waals surface area contributed by atoms with Crippen LogP contribution < -0.4 is 0 Å². The van der Waals surface area contributed by atoms with Crippen molar-refractivity contribution in [2.75, 3.05) is 32.7 Å². The van der Waals surface area contributed by atoms with Gasteiger partial charge in [-0.05, 0) is 37.5 Å². The van der Waals surface area contributed by atoms with Gasteiger partial charge in [-0.1, -0.05) is 24.3 Å². The lowest BCUT2D eigenvalue weighted by atomic mass is 9.99. The standard InChI is InChI=1S/C20H28N4O/c1-15-9-16(2)24(21-15)19-11-23(12-19)14-20(25)13-22-8-7-17-5-3-4-6-18(17)10-22/h3-6,9,19-20,25H,7-8,10-14H2,1-2H3. The van der Waals surface area contributed by atoms with E-state index in [-0.39, 0.29) is 6.10 Å². The number of β-amino-alcohol motifs (C(OH)–C–C–N with tert-alkyl or cyclic N) is 1. The van der Waals surface area contributed by atoms with Crippen molar-refractivity contribution in [2.24, 2.45) is 0 Å². The number of hydrogen-bond donors (Lipinski definition) is 1. The van der Waals surface area contributed by atoms with Crippen LogP contribution in [0.3, 0.4) is 0 Å². The maximum atomic E-state index is 10.5. The molecule has 5 nitrogen and oxygen atoms in total. The van der Waals surface area contributed by atoms with Gasteiger partial charge in [0.05, 0.1) is 17.8 Å². The molecule has 0 amide bonds. The highest BCUT2D eigenvalue weighted by molar-refractivity contribution is 5.29. The Morgan fingerprint density at radius 2 is 1.84 bits per heavy atom. The van der Waals surface area contributed by atoms with E-state index in [0.717, 1.165) is 51.4 Å². The molecule has 1 unspecified atom stereocenters. The third kappa shape index (κ3) is 3.64. The molecule has 1 fully saturated rings. The van der Waals surface area contributed by atoms with Crippen molar-refractivity contribution in [3.8, 4) is 0 Å². The molecule has 0 saturated carbocycles. The Kier molecular flexibility index (Phi) is 4.63. The highest BCUT2D eigenvalue weighted by Crippen LogP contribution is 2.23. The Bertz CT molecular complexity index is 735. The van der Waals surface area contributed by atoms with Gasteiger partial charge in [0.1, 0.15) is 0 Å². The molecule has 5 heteroatoms. The predicted octanol–water partition coefficient (Wildman–Crippen LogP) is 1.78. The van der Waals surface area contributed by atoms with Crippen LogP contribution >= 0.6 is 0 Å². The van der Waals surface area contributed by atoms with Gasteiger partial charge < -0.3 is 5.11 Å². The molecule has 1 atom stereocenters. The highest BCUT2D eigenvalue weighted by atomic mass is 16.3. The van der Waals surface area contributed by atoms with Crippen LogP contribution in [0, 0.1) is 13.8 Å². The van der Waals surface area contributed by atoms with E-state index in [1.807, 2.05) is 6.92 Å². The molecule has 2 aliphatic heterocycles. The Balaban J connectivity index is 1.24. The lowest BCUT2D eigenvalue weighted by Gasteiger charge is -2.41. The van der Waals surface area contributed by atoms with Crippen LogP contribution in [0.1, 0.15) is 28.6 Å². The number of benzene rings is 1. The summed E-state index contributed by atoms with van der Waals surface area (Å²) < 4.78 is 2.14. The first-order chi connectivity index (χ1) is 12.1. The third-order valence-corrected chi connectivity index (χ3v) is 5.48. The molecular formula is C20H28N4O. The molecule has 3 heterocycles. The zero-order valence-electron chi connectivity index (χ0n) is 15.2. The number of aryl methyl sites for hydroxylation is 2. The maximum absolute atomic E-state index is 10.5. The van der Waals surface area contributed by atoms with Gasteiger partial charge in [0.25, 0.3) is 0 Å². The second-order valence-electron chi connectivity index (χ2n) is 7.65. The van der Waals surface area contributed by atoms with E-state index in [1.54, 1.807) is 0 Å². The van der Waals surface area contributed by atoms with Crippen molar-refractivity contribution in [3.05, 3.63) is 52.8 Å². The summed E-state index contributed by atoms with van der Waals surface area (Å²) in [5, 5.41) is 15.1. The number of aliphatic hydroxyl groups is 1. The second kappa shape index (κ2) is 6.90. The number of fused-ring (bicyclic) bond motifs is 1. The summed E-state index contributed by atoms with van der Waals surface area (Å²) >= 11 is 0. The van der Waals surface area contributed by atoms with Crippen LogP contribution in [0.15, 0.2) is 30.3 Å². The largest absolute Gasteiger partial charge is 0.390 e. The lowest BCUT2D eigenvalue weighted by molar-refractivity contribution is 0.0217. The summed E-state index contributed by atoms with van der Waals surface area (Å²) in [6, 6.07) is 11.3. The number of hydrogen-bond acceptors (Lipinski definition) is 4. The summed E-state index contributed by atoms with van der Waals surface area (Å²) in [6.45, 7) is 9.66. The van der Waals surface area contributed by atoms with E-state index in [1.165, 1.54) is 16.8 Å². The molecule has 1 N–H and O–H groups in total. The zero-order valence-corrected chi connectivity index (χ0v) is 15.2. The molecule has 25 heavy (non-hydrogen) atoms. The van der Waals surface area contributed by atoms with Gasteiger partial charge >= 0.3 is 0 Å². The molecule has 2 aromatic rings. The normalized spacial score (nSPS) is 20.3. The quantitative estimate of drug-likeness (QED) is 0.901. The first-order valence-corrected chi connectivity index (χ1v) is 9.31. The average molecular weight is 340 g/mol. The first kappa shape index (κ1) is 16.8. The summed E-state index contributed by atoms with van der Waals surface area (Å²) in [6.07, 6.45) is 0.804. The molecule has 134 valence electrons. The monoisotopic (exact) mass is 340 g/mol. The van der Waals surface area contributed by atoms with Crippen molar-refractivity contribution in [1.82, 2.24) is 19.6 Å². The first-order valence-electron chi connectivity index (χ1n) is 9.31. The maximum Gasteiger partial charge on any atom is 0.0793 e. The van der Waals surface area contributed by atoms with E-state index < -0.39 is 0 Å². The fourth-order valence-corrected chi connectivity index (χ4v) is 4.23. The minimum atomic E-state index is -0.285. The van der Waals surface area contributed by atoms with Crippen LogP contribution in [0.5, 0.6) is 0 Å². The summed E-state index contributed by atoms with van der Waals surface area (Å²) in [5.41, 5.74) is 5.19. The topological polar surface area (TPSA) is 44.5 Å². The fourth-order valence-electron chi connectivity index (χ4n) is 4.23. The van der Waals surface area contributed by atoms with Crippen molar-refractivity contribution in [2.45, 2.75) is 39.0 Å². The van der Waals surface area contributed by atoms with Crippen molar-refractivity contribution in [1.29, 1.82) is 0 Å². The SMILES string of the molecule is Cc1cc(C)n(C2CN(CC(O)CN3CCc4ccccc4C3)C2)n1. The molecule has 4 rings (SSSR count). The van der Waals surface area contributed by atoms with Gasteiger partial charge in [0, 0.05) is 45.0 Å². The van der Waals surface area contributed by atoms with Crippen molar-refractivity contribution < 1.29 is 5.11 Å². The Labute approximate surface area is 149 Å². The van der Waals surface area contributed by atoms with Crippen LogP contribution in [0.4, 0.5) is 0 Å². The molecule has 1 aromatic heterocycles. The van der Waals surface area contributed by atoms with E-state index in [9.17, 15) is 5.11 Å². The number of aliphatic hydroxyl groups excluding tert-OH is 1. The fraction of sp³-hybridized carbons (Fsp3) is 0.550. The van der Waals surface area contributed by atoms with Crippen LogP contribution in [0.25, 0.3) is 0 Å². The van der Waals surface area contributed by atoms with E-state index in [0.29, 0.717) is 6.04 Å². The van der Waals surface area contributed by atoms with Gasteiger partial charge in [-0.3, -0.25) is 14.5 Å². The number of rotatable bonds is 5. The Morgan fingerprint density at radius 3 is 2.56 bits per heavy atom. The van der Waals surface area contributed by atoms with Crippen LogP contribution in [-0.2, 0) is 13.0 Å². The molecule has 0 bridgehead atoms. The zero-order chi connectivity index (χ0) is 17.4.